The Labute approximate surface area is 541 Å². The molecule has 0 radical (unpaired) electrons. The highest BCUT2D eigenvalue weighted by Crippen LogP contribution is 2.56. The van der Waals surface area contributed by atoms with Crippen LogP contribution < -0.4 is 9.47 Å². The van der Waals surface area contributed by atoms with E-state index in [1.165, 1.54) is 130 Å². The van der Waals surface area contributed by atoms with Gasteiger partial charge in [-0.05, 0) is 119 Å². The van der Waals surface area contributed by atoms with Crippen LogP contribution >= 0.6 is 188 Å². The second kappa shape index (κ2) is 29.0. The van der Waals surface area contributed by atoms with E-state index in [4.69, 9.17) is 28.4 Å². The summed E-state index contributed by atoms with van der Waals surface area (Å²) in [6.07, 6.45) is 0. The monoisotopic (exact) mass is 1400 g/mol. The summed E-state index contributed by atoms with van der Waals surface area (Å²) < 4.78 is 42.9. The Morgan fingerprint density at radius 2 is 0.518 bits per heavy atom. The van der Waals surface area contributed by atoms with Gasteiger partial charge in [0.05, 0.1) is 72.8 Å². The molecule has 3 aromatic rings. The number of hydrogen-bond donors (Lipinski definition) is 1. The molecule has 0 bridgehead atoms. The van der Waals surface area contributed by atoms with Crippen molar-refractivity contribution in [3.63, 3.8) is 0 Å². The van der Waals surface area contributed by atoms with Gasteiger partial charge in [-0.15, -0.1) is 0 Å². The normalized spacial score (nSPS) is 17.8. The lowest BCUT2D eigenvalue weighted by atomic mass is 10.1. The van der Waals surface area contributed by atoms with E-state index < -0.39 is 58.5 Å². The molecule has 0 saturated carbocycles. The highest BCUT2D eigenvalue weighted by molar-refractivity contribution is 8.35. The summed E-state index contributed by atoms with van der Waals surface area (Å²) in [5.41, 5.74) is -2.03. The molecule has 8 aliphatic rings. The average Bonchev–Trinajstić information content (AvgIpc) is 4.42. The van der Waals surface area contributed by atoms with Crippen molar-refractivity contribution in [3.05, 3.63) is 212 Å². The predicted octanol–water partition coefficient (Wildman–Crippen LogP) is 18.0. The Bertz CT molecular complexity index is 3260. The molecule has 0 aromatic heterocycles. The van der Waals surface area contributed by atoms with E-state index in [1.54, 1.807) is 94.1 Å². The molecule has 3 aromatic carbocycles. The summed E-state index contributed by atoms with van der Waals surface area (Å²) in [5, 5.41) is 33.6. The quantitative estimate of drug-likeness (QED) is 0.0760. The molecule has 0 spiro atoms. The third kappa shape index (κ3) is 16.1. The molecule has 422 valence electrons. The first kappa shape index (κ1) is 61.1. The first-order chi connectivity index (χ1) is 40.3. The number of aromatic carboxylic acids is 1. The molecule has 8 aliphatic heterocycles. The van der Waals surface area contributed by atoms with E-state index in [0.717, 1.165) is 71.7 Å². The number of carbonyl (C=O) groups excluding carboxylic acids is 6. The number of carboxylic acid groups (broad SMARTS) is 1. The van der Waals surface area contributed by atoms with Gasteiger partial charge in [-0.2, -0.15) is 0 Å². The number of ether oxygens (including phenoxy) is 6. The molecule has 0 saturated heterocycles. The number of carboxylic acids is 1. The third-order valence-electron chi connectivity index (χ3n) is 10.6. The molecule has 8 heterocycles. The minimum absolute atomic E-state index is 0.0888. The van der Waals surface area contributed by atoms with Gasteiger partial charge in [0, 0.05) is 19.6 Å². The van der Waals surface area contributed by atoms with Gasteiger partial charge in [0.15, 0.2) is 0 Å². The number of benzene rings is 3. The maximum absolute atomic E-state index is 14.1. The maximum atomic E-state index is 14.1. The molecule has 83 heavy (non-hydrogen) atoms. The van der Waals surface area contributed by atoms with Crippen molar-refractivity contribution in [2.24, 2.45) is 0 Å². The van der Waals surface area contributed by atoms with Crippen molar-refractivity contribution in [1.29, 1.82) is 0 Å². The first-order valence-electron chi connectivity index (χ1n) is 23.2. The van der Waals surface area contributed by atoms with Crippen LogP contribution in [0.5, 0.6) is 11.5 Å². The van der Waals surface area contributed by atoms with Gasteiger partial charge < -0.3 is 33.5 Å². The Morgan fingerprint density at radius 1 is 0.289 bits per heavy atom. The summed E-state index contributed by atoms with van der Waals surface area (Å²) in [6, 6.07) is 10.2. The highest BCUT2D eigenvalue weighted by atomic mass is 32.2. The summed E-state index contributed by atoms with van der Waals surface area (Å²) in [7, 11) is 0. The second-order valence-corrected chi connectivity index (χ2v) is 33.7. The number of esters is 6. The zero-order valence-corrected chi connectivity index (χ0v) is 54.3. The Hall–Kier alpha value is -3.57. The first-order valence-corrected chi connectivity index (χ1v) is 37.0. The smallest absolute Gasteiger partial charge is 0.343 e. The van der Waals surface area contributed by atoms with E-state index in [0.29, 0.717) is 0 Å². The molecular formula is C53H30O14S16. The Kier molecular flexibility index (Phi) is 21.3. The van der Waals surface area contributed by atoms with Gasteiger partial charge in [-0.3, -0.25) is 0 Å². The maximum Gasteiger partial charge on any atom is 0.343 e. The van der Waals surface area contributed by atoms with Crippen molar-refractivity contribution in [3.8, 4) is 11.5 Å². The van der Waals surface area contributed by atoms with Gasteiger partial charge in [0.25, 0.3) is 0 Å². The van der Waals surface area contributed by atoms with Crippen LogP contribution in [0.2, 0.25) is 0 Å². The zero-order valence-electron chi connectivity index (χ0n) is 41.2. The van der Waals surface area contributed by atoms with E-state index in [2.05, 4.69) is 0 Å². The van der Waals surface area contributed by atoms with Crippen LogP contribution in [0.15, 0.2) is 173 Å². The van der Waals surface area contributed by atoms with Crippen LogP contribution in [-0.4, -0.2) is 73.3 Å². The summed E-state index contributed by atoms with van der Waals surface area (Å²) >= 11 is 24.8. The van der Waals surface area contributed by atoms with Crippen LogP contribution in [0.25, 0.3) is 0 Å². The van der Waals surface area contributed by atoms with Crippen LogP contribution in [-0.2, 0) is 18.9 Å². The lowest BCUT2D eigenvalue weighted by molar-refractivity contribution is 0.0525. The molecule has 0 aliphatic carbocycles. The minimum atomic E-state index is -1.52. The molecule has 1 N–H and O–H groups in total. The SMILES string of the molecule is O=C(O)c1cc(C(=O)Oc2cc(C(=O)OCC3=CSC(=C4SC=CS4)S3)cc(C(=O)OCC3=CSC(=C4SC=CS4)S3)c2)cc(C(=O)Oc2cc(C(=O)OCC3=CSC(=C4SC=CS4)S3)cc(C(=O)OCC3=CSC(=C4SC=CS4)S3)c2)c1. The second-order valence-electron chi connectivity index (χ2n) is 16.2. The third-order valence-corrected chi connectivity index (χ3v) is 30.8. The number of carbonyl (C=O) groups is 7. The van der Waals surface area contributed by atoms with Crippen molar-refractivity contribution in [2.45, 2.75) is 0 Å². The summed E-state index contributed by atoms with van der Waals surface area (Å²) in [5.74, 6) is -7.89. The van der Waals surface area contributed by atoms with Crippen molar-refractivity contribution in [1.82, 2.24) is 0 Å². The molecule has 0 atom stereocenters. The summed E-state index contributed by atoms with van der Waals surface area (Å²) in [4.78, 5) is 98.8. The largest absolute Gasteiger partial charge is 0.478 e. The fourth-order valence-corrected chi connectivity index (χ4v) is 24.5. The average molecular weight is 1400 g/mol. The van der Waals surface area contributed by atoms with Crippen LogP contribution in [0, 0.1) is 0 Å². The number of rotatable bonds is 17. The molecule has 0 amide bonds. The minimum Gasteiger partial charge on any atom is -0.478 e. The van der Waals surface area contributed by atoms with Crippen molar-refractivity contribution in [2.75, 3.05) is 26.4 Å². The van der Waals surface area contributed by atoms with Gasteiger partial charge >= 0.3 is 41.8 Å². The molecule has 0 unspecified atom stereocenters. The molecule has 14 nitrogen and oxygen atoms in total. The van der Waals surface area contributed by atoms with Crippen LogP contribution in [0.3, 0.4) is 0 Å². The van der Waals surface area contributed by atoms with E-state index in [-0.39, 0.29) is 60.2 Å². The van der Waals surface area contributed by atoms with Crippen LogP contribution in [0.1, 0.15) is 72.5 Å². The molecule has 30 heteroatoms. The zero-order chi connectivity index (χ0) is 57.4. The van der Waals surface area contributed by atoms with E-state index in [9.17, 15) is 38.7 Å². The molecular weight excluding hydrogens is 1370 g/mol. The number of hydrogen-bond acceptors (Lipinski definition) is 29. The Balaban J connectivity index is 0.809. The fourth-order valence-electron chi connectivity index (χ4n) is 6.96. The number of thioether (sulfide) groups is 16. The topological polar surface area (TPSA) is 195 Å². The van der Waals surface area contributed by atoms with Gasteiger partial charge in [0.1, 0.15) is 37.9 Å². The Morgan fingerprint density at radius 3 is 0.759 bits per heavy atom. The lowest BCUT2D eigenvalue weighted by Gasteiger charge is -2.13. The molecule has 0 fully saturated rings. The van der Waals surface area contributed by atoms with E-state index >= 15 is 0 Å². The van der Waals surface area contributed by atoms with Crippen molar-refractivity contribution >= 4 is 230 Å². The van der Waals surface area contributed by atoms with Gasteiger partial charge in [-0.25, -0.2) is 33.6 Å². The lowest BCUT2D eigenvalue weighted by Crippen LogP contribution is -2.16. The predicted molar refractivity (Wildman–Crippen MR) is 356 cm³/mol. The summed E-state index contributed by atoms with van der Waals surface area (Å²) in [6.45, 7) is -0.355. The van der Waals surface area contributed by atoms with Crippen LogP contribution in [0.4, 0.5) is 0 Å². The highest BCUT2D eigenvalue weighted by Gasteiger charge is 2.28. The van der Waals surface area contributed by atoms with Crippen molar-refractivity contribution < 1.29 is 67.1 Å². The van der Waals surface area contributed by atoms with Gasteiger partial charge in [0.2, 0.25) is 0 Å². The standard InChI is InChI=1S/C53H30O14S16/c54-39(55)26-9-27(44(60)66-33-14-29(40(56)62-18-35-22-76-50(80-35)46-68-1-2-69-46)12-30(15-33)41(57)63-19-36-23-77-51(81-36)47-70-3-4-71-47)11-28(10-26)45(61)67-34-16-31(42(58)64-20-37-24-78-52(82-37)48-72-5-6-73-48)13-32(17-34)43(59)65-21-38-25-79-53(83-38)49-74-7-8-75-49/h1-17,22-25H,18-21H2,(H,54,55). The van der Waals surface area contributed by atoms with E-state index in [1.807, 2.05) is 64.9 Å². The molecule has 11 rings (SSSR count). The van der Waals surface area contributed by atoms with Gasteiger partial charge in [-0.1, -0.05) is 188 Å². The fraction of sp³-hybridized carbons (Fsp3) is 0.0755.